The molecule has 178 valence electrons. The minimum absolute atomic E-state index is 0.126. The molecule has 1 N–H and O–H groups in total. The number of hydrogen-bond donors (Lipinski definition) is 1. The molecule has 3 aromatic heterocycles. The van der Waals surface area contributed by atoms with Crippen LogP contribution in [0.1, 0.15) is 46.5 Å². The van der Waals surface area contributed by atoms with Crippen molar-refractivity contribution in [2.45, 2.75) is 50.2 Å². The lowest BCUT2D eigenvalue weighted by Crippen LogP contribution is -2.17. The summed E-state index contributed by atoms with van der Waals surface area (Å²) in [6.07, 6.45) is 9.69. The van der Waals surface area contributed by atoms with E-state index in [1.165, 1.54) is 41.5 Å². The molecule has 0 radical (unpaired) electrons. The first-order valence-corrected chi connectivity index (χ1v) is 13.0. The zero-order chi connectivity index (χ0) is 23.9. The summed E-state index contributed by atoms with van der Waals surface area (Å²) in [6, 6.07) is 5.59. The number of methoxy groups -OCH3 is 1. The van der Waals surface area contributed by atoms with Crippen LogP contribution in [0.3, 0.4) is 0 Å². The molecule has 1 aliphatic carbocycles. The van der Waals surface area contributed by atoms with Crippen LogP contribution in [-0.4, -0.2) is 44.5 Å². The van der Waals surface area contributed by atoms with Crippen LogP contribution in [0.5, 0.6) is 0 Å². The highest BCUT2D eigenvalue weighted by Crippen LogP contribution is 2.37. The molecule has 0 fully saturated rings. The maximum absolute atomic E-state index is 12.9. The molecule has 1 amide bonds. The zero-order valence-corrected chi connectivity index (χ0v) is 20.7. The van der Waals surface area contributed by atoms with Crippen molar-refractivity contribution < 1.29 is 14.3 Å². The molecule has 3 heterocycles. The number of thioether (sulfide) groups is 1. The maximum atomic E-state index is 12.9. The van der Waals surface area contributed by atoms with Gasteiger partial charge in [-0.1, -0.05) is 36.7 Å². The molecule has 0 spiro atoms. The summed E-state index contributed by atoms with van der Waals surface area (Å²) in [4.78, 5) is 31.0. The second kappa shape index (κ2) is 11.4. The molecule has 0 bridgehead atoms. The van der Waals surface area contributed by atoms with Crippen molar-refractivity contribution in [2.24, 2.45) is 0 Å². The van der Waals surface area contributed by atoms with Crippen LogP contribution in [0.25, 0.3) is 11.5 Å². The molecule has 8 nitrogen and oxygen atoms in total. The quantitative estimate of drug-likeness (QED) is 0.272. The van der Waals surface area contributed by atoms with Gasteiger partial charge in [0.1, 0.15) is 10.7 Å². The fourth-order valence-electron chi connectivity index (χ4n) is 3.99. The molecule has 3 aromatic rings. The Hall–Kier alpha value is -2.98. The van der Waals surface area contributed by atoms with Gasteiger partial charge in [0.25, 0.3) is 0 Å². The van der Waals surface area contributed by atoms with E-state index in [-0.39, 0.29) is 11.7 Å². The average molecular weight is 498 g/mol. The van der Waals surface area contributed by atoms with Gasteiger partial charge in [0.05, 0.1) is 18.4 Å². The molecule has 0 aliphatic heterocycles. The van der Waals surface area contributed by atoms with Crippen molar-refractivity contribution in [3.63, 3.8) is 0 Å². The van der Waals surface area contributed by atoms with Crippen LogP contribution in [0.15, 0.2) is 42.2 Å². The van der Waals surface area contributed by atoms with Crippen molar-refractivity contribution in [3.8, 4) is 11.5 Å². The van der Waals surface area contributed by atoms with Crippen LogP contribution in [0, 0.1) is 0 Å². The molecule has 34 heavy (non-hydrogen) atoms. The number of carbonyl (C=O) groups is 2. The Morgan fingerprint density at radius 1 is 1.24 bits per heavy atom. The molecule has 4 rings (SSSR count). The Balaban J connectivity index is 1.51. The molecule has 0 unspecified atom stereocenters. The number of nitrogens with one attached hydrogen (secondary N) is 1. The lowest BCUT2D eigenvalue weighted by molar-refractivity contribution is -0.113. The van der Waals surface area contributed by atoms with Crippen molar-refractivity contribution in [1.29, 1.82) is 0 Å². The summed E-state index contributed by atoms with van der Waals surface area (Å²) in [5, 5.41) is 12.7. The summed E-state index contributed by atoms with van der Waals surface area (Å²) in [5.74, 6) is 0.138. The van der Waals surface area contributed by atoms with Gasteiger partial charge in [0.2, 0.25) is 5.91 Å². The largest absolute Gasteiger partial charge is 0.465 e. The van der Waals surface area contributed by atoms with Crippen LogP contribution >= 0.6 is 23.1 Å². The van der Waals surface area contributed by atoms with E-state index in [4.69, 9.17) is 4.74 Å². The normalized spacial score (nSPS) is 13.4. The van der Waals surface area contributed by atoms with Gasteiger partial charge < -0.3 is 10.1 Å². The van der Waals surface area contributed by atoms with E-state index in [1.807, 2.05) is 22.8 Å². The van der Waals surface area contributed by atoms with Gasteiger partial charge >= 0.3 is 5.97 Å². The SMILES string of the molecule is C=CCn1c(SCC(=O)Nc2sc3c(c2C(=O)OC)CCCCCC3)nnc1-c1ccccn1. The number of hydrogen-bond acceptors (Lipinski definition) is 8. The van der Waals surface area contributed by atoms with E-state index >= 15 is 0 Å². The predicted molar refractivity (Wildman–Crippen MR) is 134 cm³/mol. The Kier molecular flexibility index (Phi) is 8.12. The standard InChI is InChI=1S/C24H27N5O3S2/c1-3-14-29-21(17-11-8-9-13-25-17)27-28-24(29)33-15-19(30)26-22-20(23(31)32-2)16-10-6-4-5-7-12-18(16)34-22/h3,8-9,11,13H,1,4-7,10,12,14-15H2,2H3,(H,26,30). The minimum Gasteiger partial charge on any atom is -0.465 e. The van der Waals surface area contributed by atoms with Gasteiger partial charge in [-0.25, -0.2) is 4.79 Å². The number of rotatable bonds is 8. The highest BCUT2D eigenvalue weighted by Gasteiger charge is 2.26. The maximum Gasteiger partial charge on any atom is 0.341 e. The Morgan fingerprint density at radius 2 is 2.06 bits per heavy atom. The lowest BCUT2D eigenvalue weighted by atomic mass is 9.96. The number of amides is 1. The first kappa shape index (κ1) is 24.2. The topological polar surface area (TPSA) is 99.0 Å². The van der Waals surface area contributed by atoms with Gasteiger partial charge in [0, 0.05) is 17.6 Å². The molecule has 0 atom stereocenters. The molecule has 10 heteroatoms. The molecular formula is C24H27N5O3S2. The van der Waals surface area contributed by atoms with Crippen LogP contribution in [0.2, 0.25) is 0 Å². The predicted octanol–water partition coefficient (Wildman–Crippen LogP) is 4.76. The fourth-order valence-corrected chi connectivity index (χ4v) is 6.03. The number of esters is 1. The van der Waals surface area contributed by atoms with E-state index in [0.29, 0.717) is 33.8 Å². The van der Waals surface area contributed by atoms with Crippen LogP contribution < -0.4 is 5.32 Å². The highest BCUT2D eigenvalue weighted by molar-refractivity contribution is 7.99. The second-order valence-electron chi connectivity index (χ2n) is 7.87. The van der Waals surface area contributed by atoms with E-state index in [0.717, 1.165) is 37.7 Å². The van der Waals surface area contributed by atoms with Crippen molar-refractivity contribution >= 4 is 40.0 Å². The third-order valence-electron chi connectivity index (χ3n) is 5.57. The summed E-state index contributed by atoms with van der Waals surface area (Å²) in [5.41, 5.74) is 2.24. The number of allylic oxidation sites excluding steroid dienone is 1. The van der Waals surface area contributed by atoms with Gasteiger partial charge in [-0.2, -0.15) is 0 Å². The Bertz CT molecular complexity index is 1170. The summed E-state index contributed by atoms with van der Waals surface area (Å²) < 4.78 is 6.92. The zero-order valence-electron chi connectivity index (χ0n) is 19.1. The fraction of sp³-hybridized carbons (Fsp3) is 0.375. The molecule has 0 saturated carbocycles. The lowest BCUT2D eigenvalue weighted by Gasteiger charge is -2.11. The molecule has 0 saturated heterocycles. The van der Waals surface area contributed by atoms with Crippen molar-refractivity contribution in [1.82, 2.24) is 19.7 Å². The van der Waals surface area contributed by atoms with Crippen molar-refractivity contribution in [2.75, 3.05) is 18.2 Å². The Labute approximate surface area is 206 Å². The smallest absolute Gasteiger partial charge is 0.341 e. The third-order valence-corrected chi connectivity index (χ3v) is 7.74. The van der Waals surface area contributed by atoms with Gasteiger partial charge in [0.15, 0.2) is 11.0 Å². The van der Waals surface area contributed by atoms with Crippen LogP contribution in [0.4, 0.5) is 5.00 Å². The number of carbonyl (C=O) groups excluding carboxylic acids is 2. The van der Waals surface area contributed by atoms with E-state index < -0.39 is 5.97 Å². The third kappa shape index (κ3) is 5.39. The Morgan fingerprint density at radius 3 is 2.79 bits per heavy atom. The van der Waals surface area contributed by atoms with E-state index in [2.05, 4.69) is 27.1 Å². The number of pyridine rings is 1. The van der Waals surface area contributed by atoms with Crippen molar-refractivity contribution in [3.05, 3.63) is 53.1 Å². The first-order valence-electron chi connectivity index (χ1n) is 11.2. The monoisotopic (exact) mass is 497 g/mol. The number of ether oxygens (including phenoxy) is 1. The minimum atomic E-state index is -0.397. The molecular weight excluding hydrogens is 470 g/mol. The molecule has 0 aromatic carbocycles. The summed E-state index contributed by atoms with van der Waals surface area (Å²) >= 11 is 2.78. The van der Waals surface area contributed by atoms with E-state index in [1.54, 1.807) is 12.3 Å². The van der Waals surface area contributed by atoms with Gasteiger partial charge in [-0.05, 0) is 43.4 Å². The number of nitrogens with zero attached hydrogens (tertiary/aromatic N) is 4. The number of fused-ring (bicyclic) bond motifs is 1. The number of anilines is 1. The van der Waals surface area contributed by atoms with Gasteiger partial charge in [-0.15, -0.1) is 28.1 Å². The van der Waals surface area contributed by atoms with Gasteiger partial charge in [-0.3, -0.25) is 14.3 Å². The summed E-state index contributed by atoms with van der Waals surface area (Å²) in [6.45, 7) is 4.31. The number of thiophene rings is 1. The number of aryl methyl sites for hydroxylation is 1. The average Bonchev–Trinajstić information content (AvgIpc) is 3.38. The van der Waals surface area contributed by atoms with Crippen LogP contribution in [-0.2, 0) is 28.9 Å². The second-order valence-corrected chi connectivity index (χ2v) is 9.92. The first-order chi connectivity index (χ1) is 16.6. The highest BCUT2D eigenvalue weighted by atomic mass is 32.2. The summed E-state index contributed by atoms with van der Waals surface area (Å²) in [7, 11) is 1.38. The molecule has 1 aliphatic rings. The number of aromatic nitrogens is 4. The van der Waals surface area contributed by atoms with E-state index in [9.17, 15) is 9.59 Å².